The molecule has 0 amide bonds. The van der Waals surface area contributed by atoms with Crippen LogP contribution in [0.3, 0.4) is 0 Å². The van der Waals surface area contributed by atoms with Gasteiger partial charge in [0, 0.05) is 6.61 Å². The van der Waals surface area contributed by atoms with Crippen molar-refractivity contribution in [3.63, 3.8) is 0 Å². The molecule has 94 valence electrons. The van der Waals surface area contributed by atoms with Crippen LogP contribution in [0.2, 0.25) is 0 Å². The Morgan fingerprint density at radius 3 is 2.50 bits per heavy atom. The van der Waals surface area contributed by atoms with Gasteiger partial charge in [0.25, 0.3) is 0 Å². The number of carbonyl (C=O) groups is 1. The molecule has 6 heteroatoms. The first-order valence-corrected chi connectivity index (χ1v) is 4.86. The summed E-state index contributed by atoms with van der Waals surface area (Å²) in [5.74, 6) is -1.08. The van der Waals surface area contributed by atoms with Crippen molar-refractivity contribution < 1.29 is 27.4 Å². The molecule has 0 aliphatic rings. The maximum absolute atomic E-state index is 11.7. The Bertz CT molecular complexity index is 236. The summed E-state index contributed by atoms with van der Waals surface area (Å²) >= 11 is 0. The summed E-state index contributed by atoms with van der Waals surface area (Å²) in [6.07, 6.45) is -2.76. The third kappa shape index (κ3) is 8.28. The van der Waals surface area contributed by atoms with Gasteiger partial charge in [-0.3, -0.25) is 0 Å². The first-order chi connectivity index (χ1) is 7.37. The topological polar surface area (TPSA) is 35.5 Å². The van der Waals surface area contributed by atoms with E-state index in [0.29, 0.717) is 6.61 Å². The van der Waals surface area contributed by atoms with Gasteiger partial charge in [0.2, 0.25) is 0 Å². The summed E-state index contributed by atoms with van der Waals surface area (Å²) in [5, 5.41) is 0. The number of hydrogen-bond acceptors (Lipinski definition) is 3. The van der Waals surface area contributed by atoms with Gasteiger partial charge in [0.15, 0.2) is 6.61 Å². The molecule has 16 heavy (non-hydrogen) atoms. The summed E-state index contributed by atoms with van der Waals surface area (Å²) in [4.78, 5) is 11.0. The van der Waals surface area contributed by atoms with Crippen LogP contribution in [0.15, 0.2) is 12.2 Å². The minimum Gasteiger partial charge on any atom is -0.453 e. The zero-order chi connectivity index (χ0) is 12.6. The Morgan fingerprint density at radius 2 is 2.00 bits per heavy atom. The lowest BCUT2D eigenvalue weighted by Crippen LogP contribution is -2.22. The first kappa shape index (κ1) is 15.0. The van der Waals surface area contributed by atoms with Crippen LogP contribution in [-0.4, -0.2) is 32.0 Å². The number of hydrogen-bond donors (Lipinski definition) is 0. The van der Waals surface area contributed by atoms with Gasteiger partial charge in [0.1, 0.15) is 0 Å². The van der Waals surface area contributed by atoms with Crippen LogP contribution in [0.5, 0.6) is 0 Å². The molecular weight excluding hydrogens is 225 g/mol. The zero-order valence-corrected chi connectivity index (χ0v) is 9.10. The molecule has 0 heterocycles. The highest BCUT2D eigenvalue weighted by molar-refractivity contribution is 5.87. The van der Waals surface area contributed by atoms with Gasteiger partial charge in [-0.15, -0.1) is 0 Å². The van der Waals surface area contributed by atoms with Gasteiger partial charge in [0.05, 0.1) is 12.2 Å². The van der Waals surface area contributed by atoms with Gasteiger partial charge in [-0.1, -0.05) is 19.9 Å². The number of ether oxygens (including phenoxy) is 2. The fourth-order valence-electron chi connectivity index (χ4n) is 0.750. The molecule has 0 atom stereocenters. The van der Waals surface area contributed by atoms with E-state index >= 15 is 0 Å². The lowest BCUT2D eigenvalue weighted by atomic mass is 10.3. The van der Waals surface area contributed by atoms with Crippen molar-refractivity contribution >= 4 is 5.97 Å². The third-order valence-corrected chi connectivity index (χ3v) is 1.57. The third-order valence-electron chi connectivity index (χ3n) is 1.57. The van der Waals surface area contributed by atoms with Crippen LogP contribution in [0.4, 0.5) is 13.2 Å². The smallest absolute Gasteiger partial charge is 0.422 e. The van der Waals surface area contributed by atoms with Crippen molar-refractivity contribution in [3.05, 3.63) is 12.2 Å². The molecule has 0 N–H and O–H groups in total. The molecule has 0 aromatic rings. The number of rotatable bonds is 7. The van der Waals surface area contributed by atoms with E-state index in [1.165, 1.54) is 0 Å². The van der Waals surface area contributed by atoms with Crippen LogP contribution in [-0.2, 0) is 14.3 Å². The molecule has 0 aromatic carbocycles. The highest BCUT2D eigenvalue weighted by Crippen LogP contribution is 2.15. The van der Waals surface area contributed by atoms with Crippen LogP contribution in [0, 0.1) is 0 Å². The molecular formula is C10H15F3O3. The molecule has 3 nitrogen and oxygen atoms in total. The van der Waals surface area contributed by atoms with Crippen molar-refractivity contribution in [2.45, 2.75) is 25.9 Å². The standard InChI is InChI=1S/C10H15F3O3/c1-3-4-5-15-6-8(2)9(14)16-7-10(11,12)13/h2-7H2,1H3. The molecule has 0 aliphatic heterocycles. The Hall–Kier alpha value is -1.04. The van der Waals surface area contributed by atoms with Gasteiger partial charge >= 0.3 is 12.1 Å². The quantitative estimate of drug-likeness (QED) is 0.389. The normalized spacial score (nSPS) is 11.2. The van der Waals surface area contributed by atoms with Crippen LogP contribution in [0.1, 0.15) is 19.8 Å². The van der Waals surface area contributed by atoms with E-state index in [1.807, 2.05) is 6.92 Å². The van der Waals surface area contributed by atoms with E-state index < -0.39 is 18.8 Å². The van der Waals surface area contributed by atoms with Crippen LogP contribution in [0.25, 0.3) is 0 Å². The molecule has 0 aliphatic carbocycles. The van der Waals surface area contributed by atoms with Crippen LogP contribution >= 0.6 is 0 Å². The average Bonchev–Trinajstić information content (AvgIpc) is 2.19. The molecule has 0 aromatic heterocycles. The van der Waals surface area contributed by atoms with E-state index in [9.17, 15) is 18.0 Å². The summed E-state index contributed by atoms with van der Waals surface area (Å²) in [6.45, 7) is 4.00. The predicted octanol–water partition coefficient (Wildman–Crippen LogP) is 2.46. The summed E-state index contributed by atoms with van der Waals surface area (Å²) in [5.41, 5.74) is -0.111. The maximum atomic E-state index is 11.7. The molecule has 0 saturated carbocycles. The van der Waals surface area contributed by atoms with Gasteiger partial charge < -0.3 is 9.47 Å². The van der Waals surface area contributed by atoms with E-state index in [0.717, 1.165) is 12.8 Å². The Kier molecular flexibility index (Phi) is 6.80. The maximum Gasteiger partial charge on any atom is 0.422 e. The van der Waals surface area contributed by atoms with Gasteiger partial charge in [-0.2, -0.15) is 13.2 Å². The van der Waals surface area contributed by atoms with Crippen molar-refractivity contribution in [1.82, 2.24) is 0 Å². The number of esters is 1. The second-order valence-corrected chi connectivity index (χ2v) is 3.20. The van der Waals surface area contributed by atoms with E-state index in [4.69, 9.17) is 4.74 Å². The molecule has 0 fully saturated rings. The Balaban J connectivity index is 3.70. The minimum atomic E-state index is -4.51. The summed E-state index contributed by atoms with van der Waals surface area (Å²) < 4.78 is 44.1. The minimum absolute atomic E-state index is 0.101. The fraction of sp³-hybridized carbons (Fsp3) is 0.700. The number of carbonyl (C=O) groups excluding carboxylic acids is 1. The summed E-state index contributed by atoms with van der Waals surface area (Å²) in [6, 6.07) is 0. The van der Waals surface area contributed by atoms with Crippen LogP contribution < -0.4 is 0 Å². The molecule has 0 spiro atoms. The highest BCUT2D eigenvalue weighted by Gasteiger charge is 2.29. The fourth-order valence-corrected chi connectivity index (χ4v) is 0.750. The largest absolute Gasteiger partial charge is 0.453 e. The predicted molar refractivity (Wildman–Crippen MR) is 51.9 cm³/mol. The lowest BCUT2D eigenvalue weighted by molar-refractivity contribution is -0.183. The van der Waals surface area contributed by atoms with Gasteiger partial charge in [-0.05, 0) is 6.42 Å². The van der Waals surface area contributed by atoms with E-state index in [1.54, 1.807) is 0 Å². The number of halogens is 3. The van der Waals surface area contributed by atoms with Crippen molar-refractivity contribution in [2.24, 2.45) is 0 Å². The van der Waals surface area contributed by atoms with Crippen molar-refractivity contribution in [3.8, 4) is 0 Å². The molecule has 0 radical (unpaired) electrons. The average molecular weight is 240 g/mol. The molecule has 0 bridgehead atoms. The molecule has 0 unspecified atom stereocenters. The van der Waals surface area contributed by atoms with E-state index in [-0.39, 0.29) is 12.2 Å². The number of unbranched alkanes of at least 4 members (excludes halogenated alkanes) is 1. The number of alkyl halides is 3. The first-order valence-electron chi connectivity index (χ1n) is 4.86. The van der Waals surface area contributed by atoms with E-state index in [2.05, 4.69) is 11.3 Å². The second-order valence-electron chi connectivity index (χ2n) is 3.20. The van der Waals surface area contributed by atoms with Gasteiger partial charge in [-0.25, -0.2) is 4.79 Å². The SMILES string of the molecule is C=C(COCCCC)C(=O)OCC(F)(F)F. The molecule has 0 saturated heterocycles. The monoisotopic (exact) mass is 240 g/mol. The van der Waals surface area contributed by atoms with Crippen molar-refractivity contribution in [1.29, 1.82) is 0 Å². The summed E-state index contributed by atoms with van der Waals surface area (Å²) in [7, 11) is 0. The zero-order valence-electron chi connectivity index (χ0n) is 9.10. The lowest BCUT2D eigenvalue weighted by Gasteiger charge is -2.09. The Morgan fingerprint density at radius 1 is 1.38 bits per heavy atom. The van der Waals surface area contributed by atoms with Crippen molar-refractivity contribution in [2.75, 3.05) is 19.8 Å². The second kappa shape index (κ2) is 7.27. The molecule has 0 rings (SSSR count). The highest BCUT2D eigenvalue weighted by atomic mass is 19.4. The Labute approximate surface area is 92.2 Å².